The molecule has 0 bridgehead atoms. The maximum absolute atomic E-state index is 12.7. The van der Waals surface area contributed by atoms with Crippen LogP contribution < -0.4 is 0 Å². The third kappa shape index (κ3) is 5.33. The van der Waals surface area contributed by atoms with Crippen molar-refractivity contribution in [2.24, 2.45) is 0 Å². The van der Waals surface area contributed by atoms with Crippen molar-refractivity contribution in [2.75, 3.05) is 19.6 Å². The molecule has 1 fully saturated rings. The summed E-state index contributed by atoms with van der Waals surface area (Å²) in [6, 6.07) is 18.8. The average Bonchev–Trinajstić information content (AvgIpc) is 2.62. The van der Waals surface area contributed by atoms with Crippen LogP contribution in [0.1, 0.15) is 49.2 Å². The van der Waals surface area contributed by atoms with Gasteiger partial charge < -0.3 is 4.90 Å². The normalized spacial score (nSPS) is 18.1. The van der Waals surface area contributed by atoms with Crippen molar-refractivity contribution in [1.29, 1.82) is 0 Å². The van der Waals surface area contributed by atoms with Crippen LogP contribution in [0.5, 0.6) is 0 Å². The summed E-state index contributed by atoms with van der Waals surface area (Å²) < 4.78 is 0. The van der Waals surface area contributed by atoms with Crippen molar-refractivity contribution in [3.05, 3.63) is 71.3 Å². The lowest BCUT2D eigenvalue weighted by molar-refractivity contribution is 0.0475. The van der Waals surface area contributed by atoms with Gasteiger partial charge >= 0.3 is 0 Å². The van der Waals surface area contributed by atoms with Crippen LogP contribution in [0.3, 0.4) is 0 Å². The van der Waals surface area contributed by atoms with Gasteiger partial charge in [0, 0.05) is 37.8 Å². The minimum absolute atomic E-state index is 0. The van der Waals surface area contributed by atoms with Crippen molar-refractivity contribution in [3.8, 4) is 0 Å². The van der Waals surface area contributed by atoms with E-state index in [4.69, 9.17) is 0 Å². The van der Waals surface area contributed by atoms with E-state index in [-0.39, 0.29) is 29.8 Å². The van der Waals surface area contributed by atoms with Crippen molar-refractivity contribution in [2.45, 2.75) is 45.7 Å². The van der Waals surface area contributed by atoms with E-state index in [1.54, 1.807) is 0 Å². The van der Waals surface area contributed by atoms with Crippen LogP contribution in [0.4, 0.5) is 0 Å². The first kappa shape index (κ1) is 21.5. The Bertz CT molecular complexity index is 737. The number of hydrogen-bond donors (Lipinski definition) is 0. The van der Waals surface area contributed by atoms with Gasteiger partial charge in [-0.25, -0.2) is 0 Å². The lowest BCUT2D eigenvalue weighted by atomic mass is 9.87. The topological polar surface area (TPSA) is 23.6 Å². The Morgan fingerprint density at radius 3 is 2.19 bits per heavy atom. The zero-order valence-corrected chi connectivity index (χ0v) is 17.6. The van der Waals surface area contributed by atoms with Crippen LogP contribution in [0.15, 0.2) is 54.6 Å². The molecular weight excluding hydrogens is 356 g/mol. The van der Waals surface area contributed by atoms with Gasteiger partial charge in [0.05, 0.1) is 0 Å². The molecule has 0 N–H and O–H groups in total. The Kier molecular flexibility index (Phi) is 7.07. The number of carbonyl (C=O) groups is 1. The summed E-state index contributed by atoms with van der Waals surface area (Å²) in [7, 11) is 0. The summed E-state index contributed by atoms with van der Waals surface area (Å²) in [5.41, 5.74) is 3.68. The molecule has 0 radical (unpaired) electrons. The number of amides is 1. The molecule has 0 aliphatic carbocycles. The molecule has 0 spiro atoms. The second kappa shape index (κ2) is 8.90. The van der Waals surface area contributed by atoms with Crippen LogP contribution in [0, 0.1) is 0 Å². The standard InChI is InChI=1S/C23H30N2O.ClH/c1-18-16-24(17-19-10-12-21(13-11-19)23(2,3)4)14-15-25(18)22(26)20-8-6-5-7-9-20;/h5-13,18H,14-17H2,1-4H3;1H/t18-;/m0./s1. The summed E-state index contributed by atoms with van der Waals surface area (Å²) in [5, 5.41) is 0. The highest BCUT2D eigenvalue weighted by molar-refractivity contribution is 5.94. The first-order valence-corrected chi connectivity index (χ1v) is 9.52. The summed E-state index contributed by atoms with van der Waals surface area (Å²) >= 11 is 0. The first-order valence-electron chi connectivity index (χ1n) is 9.52. The molecule has 1 saturated heterocycles. The maximum atomic E-state index is 12.7. The highest BCUT2D eigenvalue weighted by atomic mass is 35.5. The number of piperazine rings is 1. The minimum atomic E-state index is 0. The first-order chi connectivity index (χ1) is 12.3. The van der Waals surface area contributed by atoms with Gasteiger partial charge in [0.2, 0.25) is 0 Å². The van der Waals surface area contributed by atoms with E-state index >= 15 is 0 Å². The van der Waals surface area contributed by atoms with Crippen LogP contribution >= 0.6 is 12.4 Å². The third-order valence-corrected chi connectivity index (χ3v) is 5.22. The van der Waals surface area contributed by atoms with Gasteiger partial charge in [-0.05, 0) is 35.6 Å². The number of nitrogens with zero attached hydrogens (tertiary/aromatic N) is 2. The van der Waals surface area contributed by atoms with Gasteiger partial charge in [-0.3, -0.25) is 9.69 Å². The monoisotopic (exact) mass is 386 g/mol. The van der Waals surface area contributed by atoms with E-state index in [9.17, 15) is 4.79 Å². The van der Waals surface area contributed by atoms with E-state index in [2.05, 4.69) is 56.9 Å². The van der Waals surface area contributed by atoms with E-state index in [1.165, 1.54) is 11.1 Å². The number of hydrogen-bond acceptors (Lipinski definition) is 2. The van der Waals surface area contributed by atoms with Gasteiger partial charge in [-0.15, -0.1) is 12.4 Å². The molecule has 1 amide bonds. The Morgan fingerprint density at radius 1 is 1.00 bits per heavy atom. The van der Waals surface area contributed by atoms with Crippen LogP contribution in [0.25, 0.3) is 0 Å². The Morgan fingerprint density at radius 2 is 1.63 bits per heavy atom. The molecule has 0 unspecified atom stereocenters. The van der Waals surface area contributed by atoms with Gasteiger partial charge in [-0.2, -0.15) is 0 Å². The zero-order chi connectivity index (χ0) is 18.7. The molecular formula is C23H31ClN2O. The fourth-order valence-corrected chi connectivity index (χ4v) is 3.59. The van der Waals surface area contributed by atoms with E-state index in [1.807, 2.05) is 35.2 Å². The lowest BCUT2D eigenvalue weighted by Crippen LogP contribution is -2.53. The molecule has 1 atom stereocenters. The largest absolute Gasteiger partial charge is 0.333 e. The quantitative estimate of drug-likeness (QED) is 0.759. The molecule has 3 nitrogen and oxygen atoms in total. The van der Waals surface area contributed by atoms with E-state index in [0.29, 0.717) is 0 Å². The molecule has 0 aromatic heterocycles. The molecule has 4 heteroatoms. The molecule has 1 aliphatic rings. The SMILES string of the molecule is C[C@H]1CN(Cc2ccc(C(C)(C)C)cc2)CCN1C(=O)c1ccccc1.Cl. The van der Waals surface area contributed by atoms with Gasteiger partial charge in [0.25, 0.3) is 5.91 Å². The number of halogens is 1. The highest BCUT2D eigenvalue weighted by Crippen LogP contribution is 2.23. The second-order valence-corrected chi connectivity index (χ2v) is 8.40. The van der Waals surface area contributed by atoms with Crippen molar-refractivity contribution >= 4 is 18.3 Å². The summed E-state index contributed by atoms with van der Waals surface area (Å²) in [5.74, 6) is 0.146. The summed E-state index contributed by atoms with van der Waals surface area (Å²) in [4.78, 5) is 17.2. The van der Waals surface area contributed by atoms with Gasteiger partial charge in [-0.1, -0.05) is 63.2 Å². The number of carbonyl (C=O) groups excluding carboxylic acids is 1. The molecule has 27 heavy (non-hydrogen) atoms. The fraction of sp³-hybridized carbons (Fsp3) is 0.435. The Balaban J connectivity index is 0.00000261. The highest BCUT2D eigenvalue weighted by Gasteiger charge is 2.28. The second-order valence-electron chi connectivity index (χ2n) is 8.40. The summed E-state index contributed by atoms with van der Waals surface area (Å²) in [6.45, 7) is 12.4. The molecule has 1 aliphatic heterocycles. The molecule has 146 valence electrons. The van der Waals surface area contributed by atoms with Gasteiger partial charge in [0.1, 0.15) is 0 Å². The third-order valence-electron chi connectivity index (χ3n) is 5.22. The number of benzene rings is 2. The van der Waals surface area contributed by atoms with Gasteiger partial charge in [0.15, 0.2) is 0 Å². The van der Waals surface area contributed by atoms with E-state index < -0.39 is 0 Å². The summed E-state index contributed by atoms with van der Waals surface area (Å²) in [6.07, 6.45) is 0. The average molecular weight is 387 g/mol. The van der Waals surface area contributed by atoms with Crippen LogP contribution in [0.2, 0.25) is 0 Å². The van der Waals surface area contributed by atoms with Crippen LogP contribution in [-0.4, -0.2) is 41.4 Å². The number of rotatable bonds is 3. The minimum Gasteiger partial charge on any atom is -0.333 e. The molecule has 0 saturated carbocycles. The van der Waals surface area contributed by atoms with Crippen molar-refractivity contribution in [1.82, 2.24) is 9.80 Å². The smallest absolute Gasteiger partial charge is 0.254 e. The molecule has 2 aromatic rings. The zero-order valence-electron chi connectivity index (χ0n) is 16.8. The predicted octanol–water partition coefficient (Wildman–Crippen LogP) is 4.75. The Labute approximate surface area is 169 Å². The lowest BCUT2D eigenvalue weighted by Gasteiger charge is -2.40. The van der Waals surface area contributed by atoms with Crippen molar-refractivity contribution < 1.29 is 4.79 Å². The molecule has 2 aromatic carbocycles. The fourth-order valence-electron chi connectivity index (χ4n) is 3.59. The van der Waals surface area contributed by atoms with E-state index in [0.717, 1.165) is 31.7 Å². The molecule has 3 rings (SSSR count). The Hall–Kier alpha value is -1.84. The molecule has 1 heterocycles. The predicted molar refractivity (Wildman–Crippen MR) is 115 cm³/mol. The van der Waals surface area contributed by atoms with Crippen LogP contribution in [-0.2, 0) is 12.0 Å². The van der Waals surface area contributed by atoms with Crippen molar-refractivity contribution in [3.63, 3.8) is 0 Å². The maximum Gasteiger partial charge on any atom is 0.254 e.